The molecule has 2 N–H and O–H groups in total. The fraction of sp³-hybridized carbons (Fsp3) is 0.583. The molecule has 1 aliphatic heterocycles. The third kappa shape index (κ3) is 2.35. The van der Waals surface area contributed by atoms with Crippen molar-refractivity contribution in [2.24, 2.45) is 5.73 Å². The van der Waals surface area contributed by atoms with Crippen LogP contribution in [0.4, 0.5) is 0 Å². The molecule has 0 spiro atoms. The number of carbonyl (C=O) groups is 1. The first-order chi connectivity index (χ1) is 8.13. The van der Waals surface area contributed by atoms with E-state index in [0.29, 0.717) is 31.0 Å². The molecule has 1 aromatic rings. The second kappa shape index (κ2) is 4.89. The molecule has 94 valence electrons. The van der Waals surface area contributed by atoms with E-state index in [0.717, 1.165) is 0 Å². The van der Waals surface area contributed by atoms with Crippen LogP contribution >= 0.6 is 0 Å². The Bertz CT molecular complexity index is 402. The standard InChI is InChI=1S/C12H18N2O3/c1-8-7-17-10(5-13)6-14(8)12(15)11-3-4-16-9(11)2/h3-4,8,10H,5-7,13H2,1-2H3. The molecule has 0 aliphatic carbocycles. The van der Waals surface area contributed by atoms with Gasteiger partial charge in [0.1, 0.15) is 5.76 Å². The lowest BCUT2D eigenvalue weighted by molar-refractivity contribution is -0.0426. The molecule has 0 saturated carbocycles. The number of ether oxygens (including phenoxy) is 1. The molecule has 0 aromatic carbocycles. The monoisotopic (exact) mass is 238 g/mol. The van der Waals surface area contributed by atoms with Crippen molar-refractivity contribution in [2.45, 2.75) is 26.0 Å². The van der Waals surface area contributed by atoms with E-state index in [1.54, 1.807) is 17.9 Å². The summed E-state index contributed by atoms with van der Waals surface area (Å²) in [5.74, 6) is 0.642. The van der Waals surface area contributed by atoms with Gasteiger partial charge in [0.2, 0.25) is 0 Å². The molecule has 0 radical (unpaired) electrons. The van der Waals surface area contributed by atoms with Crippen molar-refractivity contribution in [3.63, 3.8) is 0 Å². The number of carbonyl (C=O) groups excluding carboxylic acids is 1. The predicted molar refractivity (Wildman–Crippen MR) is 62.7 cm³/mol. The molecule has 5 nitrogen and oxygen atoms in total. The van der Waals surface area contributed by atoms with E-state index in [4.69, 9.17) is 14.9 Å². The largest absolute Gasteiger partial charge is 0.469 e. The first-order valence-electron chi connectivity index (χ1n) is 5.80. The van der Waals surface area contributed by atoms with Gasteiger partial charge in [-0.05, 0) is 19.9 Å². The lowest BCUT2D eigenvalue weighted by atomic mass is 10.1. The van der Waals surface area contributed by atoms with Gasteiger partial charge in [-0.25, -0.2) is 0 Å². The molecule has 17 heavy (non-hydrogen) atoms. The smallest absolute Gasteiger partial charge is 0.257 e. The second-order valence-corrected chi connectivity index (χ2v) is 4.39. The highest BCUT2D eigenvalue weighted by molar-refractivity contribution is 5.95. The molecule has 1 aliphatic rings. The van der Waals surface area contributed by atoms with Crippen molar-refractivity contribution in [3.05, 3.63) is 23.7 Å². The molecule has 1 saturated heterocycles. The average Bonchev–Trinajstić information content (AvgIpc) is 2.75. The summed E-state index contributed by atoms with van der Waals surface area (Å²) in [6.07, 6.45) is 1.47. The van der Waals surface area contributed by atoms with Crippen molar-refractivity contribution in [2.75, 3.05) is 19.7 Å². The van der Waals surface area contributed by atoms with Gasteiger partial charge in [-0.2, -0.15) is 0 Å². The Balaban J connectivity index is 2.15. The van der Waals surface area contributed by atoms with Gasteiger partial charge in [-0.1, -0.05) is 0 Å². The summed E-state index contributed by atoms with van der Waals surface area (Å²) in [4.78, 5) is 14.1. The van der Waals surface area contributed by atoms with Crippen molar-refractivity contribution in [3.8, 4) is 0 Å². The van der Waals surface area contributed by atoms with E-state index in [1.807, 2.05) is 6.92 Å². The molecule has 5 heteroatoms. The number of rotatable bonds is 2. The van der Waals surface area contributed by atoms with Crippen molar-refractivity contribution >= 4 is 5.91 Å². The molecular weight excluding hydrogens is 220 g/mol. The maximum atomic E-state index is 12.3. The Morgan fingerprint density at radius 2 is 2.41 bits per heavy atom. The Kier molecular flexibility index (Phi) is 3.49. The van der Waals surface area contributed by atoms with E-state index >= 15 is 0 Å². The summed E-state index contributed by atoms with van der Waals surface area (Å²) in [6.45, 7) is 5.27. The summed E-state index contributed by atoms with van der Waals surface area (Å²) in [5.41, 5.74) is 6.20. The minimum Gasteiger partial charge on any atom is -0.469 e. The molecule has 1 amide bonds. The van der Waals surface area contributed by atoms with Gasteiger partial charge in [0.25, 0.3) is 5.91 Å². The maximum Gasteiger partial charge on any atom is 0.257 e. The van der Waals surface area contributed by atoms with Crippen LogP contribution in [-0.2, 0) is 4.74 Å². The average molecular weight is 238 g/mol. The van der Waals surface area contributed by atoms with E-state index in [-0.39, 0.29) is 18.1 Å². The quantitative estimate of drug-likeness (QED) is 0.826. The van der Waals surface area contributed by atoms with E-state index in [2.05, 4.69) is 0 Å². The van der Waals surface area contributed by atoms with Gasteiger partial charge in [-0.3, -0.25) is 4.79 Å². The molecule has 2 rings (SSSR count). The predicted octanol–water partition coefficient (Wildman–Crippen LogP) is 0.776. The van der Waals surface area contributed by atoms with Crippen LogP contribution < -0.4 is 5.73 Å². The SMILES string of the molecule is Cc1occc1C(=O)N1CC(CN)OCC1C. The lowest BCUT2D eigenvalue weighted by Gasteiger charge is -2.37. The van der Waals surface area contributed by atoms with Gasteiger partial charge >= 0.3 is 0 Å². The van der Waals surface area contributed by atoms with E-state index < -0.39 is 0 Å². The summed E-state index contributed by atoms with van der Waals surface area (Å²) in [6, 6.07) is 1.77. The molecule has 2 heterocycles. The lowest BCUT2D eigenvalue weighted by Crippen LogP contribution is -2.52. The molecular formula is C12H18N2O3. The van der Waals surface area contributed by atoms with E-state index in [1.165, 1.54) is 6.26 Å². The molecule has 0 bridgehead atoms. The summed E-state index contributed by atoms with van der Waals surface area (Å²) in [5, 5.41) is 0. The maximum absolute atomic E-state index is 12.3. The highest BCUT2D eigenvalue weighted by atomic mass is 16.5. The Labute approximate surface area is 101 Å². The number of nitrogens with two attached hydrogens (primary N) is 1. The highest BCUT2D eigenvalue weighted by Gasteiger charge is 2.30. The zero-order valence-electron chi connectivity index (χ0n) is 10.2. The second-order valence-electron chi connectivity index (χ2n) is 4.39. The van der Waals surface area contributed by atoms with Gasteiger partial charge in [0.05, 0.1) is 30.6 Å². The van der Waals surface area contributed by atoms with Crippen LogP contribution in [0.2, 0.25) is 0 Å². The first-order valence-corrected chi connectivity index (χ1v) is 5.80. The number of hydrogen-bond donors (Lipinski definition) is 1. The number of nitrogens with zero attached hydrogens (tertiary/aromatic N) is 1. The van der Waals surface area contributed by atoms with Gasteiger partial charge in [0.15, 0.2) is 0 Å². The van der Waals surface area contributed by atoms with Gasteiger partial charge in [-0.15, -0.1) is 0 Å². The number of morpholine rings is 1. The van der Waals surface area contributed by atoms with Gasteiger partial charge < -0.3 is 19.8 Å². The van der Waals surface area contributed by atoms with Crippen LogP contribution in [0.15, 0.2) is 16.7 Å². The Morgan fingerprint density at radius 1 is 1.65 bits per heavy atom. The fourth-order valence-electron chi connectivity index (χ4n) is 2.00. The van der Waals surface area contributed by atoms with Gasteiger partial charge in [0, 0.05) is 13.1 Å². The first kappa shape index (κ1) is 12.1. The summed E-state index contributed by atoms with van der Waals surface area (Å²) >= 11 is 0. The minimum atomic E-state index is -0.0673. The number of furan rings is 1. The molecule has 1 fully saturated rings. The third-order valence-corrected chi connectivity index (χ3v) is 3.12. The third-order valence-electron chi connectivity index (χ3n) is 3.12. The number of hydrogen-bond acceptors (Lipinski definition) is 4. The van der Waals surface area contributed by atoms with Crippen molar-refractivity contribution < 1.29 is 13.9 Å². The molecule has 1 aromatic heterocycles. The fourth-order valence-corrected chi connectivity index (χ4v) is 2.00. The zero-order valence-corrected chi connectivity index (χ0v) is 10.2. The zero-order chi connectivity index (χ0) is 12.4. The van der Waals surface area contributed by atoms with Crippen molar-refractivity contribution in [1.82, 2.24) is 4.90 Å². The number of aryl methyl sites for hydroxylation is 1. The summed E-state index contributed by atoms with van der Waals surface area (Å²) in [7, 11) is 0. The molecule has 2 unspecified atom stereocenters. The van der Waals surface area contributed by atoms with Crippen LogP contribution in [0.3, 0.4) is 0 Å². The van der Waals surface area contributed by atoms with Crippen LogP contribution in [0.25, 0.3) is 0 Å². The highest BCUT2D eigenvalue weighted by Crippen LogP contribution is 2.18. The topological polar surface area (TPSA) is 68.7 Å². The van der Waals surface area contributed by atoms with Crippen LogP contribution in [0, 0.1) is 6.92 Å². The molecule has 2 atom stereocenters. The number of amides is 1. The normalized spacial score (nSPS) is 25.0. The van der Waals surface area contributed by atoms with Crippen LogP contribution in [-0.4, -0.2) is 42.6 Å². The van der Waals surface area contributed by atoms with E-state index in [9.17, 15) is 4.79 Å². The summed E-state index contributed by atoms with van der Waals surface area (Å²) < 4.78 is 10.7. The van der Waals surface area contributed by atoms with Crippen LogP contribution in [0.1, 0.15) is 23.0 Å². The Hall–Kier alpha value is -1.33. The minimum absolute atomic E-state index is 0.00880. The van der Waals surface area contributed by atoms with Crippen molar-refractivity contribution in [1.29, 1.82) is 0 Å². The Morgan fingerprint density at radius 3 is 3.00 bits per heavy atom. The van der Waals surface area contributed by atoms with Crippen LogP contribution in [0.5, 0.6) is 0 Å².